The van der Waals surface area contributed by atoms with Gasteiger partial charge in [-0.05, 0) is 52.8 Å². The molecule has 1 aliphatic heterocycles. The van der Waals surface area contributed by atoms with Crippen molar-refractivity contribution in [2.75, 3.05) is 11.4 Å². The molecule has 0 bridgehead atoms. The Labute approximate surface area is 117 Å². The van der Waals surface area contributed by atoms with Gasteiger partial charge in [0.15, 0.2) is 0 Å². The number of anilines is 1. The zero-order valence-electron chi connectivity index (χ0n) is 10.2. The number of rotatable bonds is 5. The van der Waals surface area contributed by atoms with Crippen LogP contribution in [-0.2, 0) is 11.2 Å². The Balaban J connectivity index is 2.02. The number of fused-ring (bicyclic) bond motifs is 1. The first kappa shape index (κ1) is 12.9. The van der Waals surface area contributed by atoms with Crippen LogP contribution in [0.3, 0.4) is 0 Å². The van der Waals surface area contributed by atoms with E-state index in [2.05, 4.69) is 47.7 Å². The van der Waals surface area contributed by atoms with Gasteiger partial charge < -0.3 is 4.90 Å². The topological polar surface area (TPSA) is 20.3 Å². The van der Waals surface area contributed by atoms with Gasteiger partial charge in [-0.1, -0.05) is 26.2 Å². The van der Waals surface area contributed by atoms with E-state index < -0.39 is 0 Å². The van der Waals surface area contributed by atoms with Crippen LogP contribution in [0.1, 0.15) is 38.2 Å². The van der Waals surface area contributed by atoms with E-state index >= 15 is 0 Å². The first-order valence-corrected chi connectivity index (χ1v) is 7.39. The maximum absolute atomic E-state index is 11.9. The lowest BCUT2D eigenvalue weighted by atomic mass is 10.1. The summed E-state index contributed by atoms with van der Waals surface area (Å²) in [7, 11) is 0. The maximum atomic E-state index is 11.9. The van der Waals surface area contributed by atoms with E-state index in [0.29, 0.717) is 6.42 Å². The molecule has 0 aliphatic carbocycles. The van der Waals surface area contributed by atoms with E-state index in [9.17, 15) is 4.79 Å². The molecule has 0 saturated heterocycles. The Bertz CT molecular complexity index is 417. The Morgan fingerprint density at radius 2 is 2.12 bits per heavy atom. The Hall–Kier alpha value is -0.580. The fraction of sp³-hybridized carbons (Fsp3) is 0.500. The monoisotopic (exact) mass is 343 g/mol. The first-order chi connectivity index (χ1) is 8.22. The summed E-state index contributed by atoms with van der Waals surface area (Å²) >= 11 is 2.30. The number of unbranched alkanes of at least 4 members (excludes halogenated alkanes) is 3. The van der Waals surface area contributed by atoms with Crippen LogP contribution < -0.4 is 4.90 Å². The van der Waals surface area contributed by atoms with Gasteiger partial charge in [-0.2, -0.15) is 0 Å². The molecule has 0 radical (unpaired) electrons. The van der Waals surface area contributed by atoms with Crippen molar-refractivity contribution in [2.24, 2.45) is 0 Å². The minimum absolute atomic E-state index is 0.262. The quantitative estimate of drug-likeness (QED) is 0.589. The molecule has 1 aromatic rings. The van der Waals surface area contributed by atoms with Crippen LogP contribution in [0, 0.1) is 3.57 Å². The molecule has 0 fully saturated rings. The number of nitrogens with zero attached hydrogens (tertiary/aromatic N) is 1. The number of carbonyl (C=O) groups excluding carboxylic acids is 1. The normalized spacial score (nSPS) is 14.2. The van der Waals surface area contributed by atoms with Gasteiger partial charge in [0.2, 0.25) is 5.91 Å². The number of benzene rings is 1. The van der Waals surface area contributed by atoms with E-state index in [4.69, 9.17) is 0 Å². The van der Waals surface area contributed by atoms with Gasteiger partial charge in [0, 0.05) is 15.8 Å². The summed E-state index contributed by atoms with van der Waals surface area (Å²) in [5, 5.41) is 0. The minimum Gasteiger partial charge on any atom is -0.312 e. The zero-order valence-corrected chi connectivity index (χ0v) is 12.4. The second kappa shape index (κ2) is 5.85. The van der Waals surface area contributed by atoms with Crippen LogP contribution in [0.25, 0.3) is 0 Å². The summed E-state index contributed by atoms with van der Waals surface area (Å²) in [6.45, 7) is 3.09. The molecule has 1 amide bonds. The Morgan fingerprint density at radius 3 is 2.88 bits per heavy atom. The minimum atomic E-state index is 0.262. The highest BCUT2D eigenvalue weighted by Gasteiger charge is 2.26. The van der Waals surface area contributed by atoms with Crippen molar-refractivity contribution in [3.63, 3.8) is 0 Å². The molecule has 2 rings (SSSR count). The van der Waals surface area contributed by atoms with Crippen molar-refractivity contribution in [1.29, 1.82) is 0 Å². The summed E-state index contributed by atoms with van der Waals surface area (Å²) in [6.07, 6.45) is 5.43. The van der Waals surface area contributed by atoms with Crippen molar-refractivity contribution in [1.82, 2.24) is 0 Å². The van der Waals surface area contributed by atoms with Crippen molar-refractivity contribution < 1.29 is 4.79 Å². The van der Waals surface area contributed by atoms with E-state index in [1.165, 1.54) is 28.4 Å². The molecule has 0 unspecified atom stereocenters. The highest BCUT2D eigenvalue weighted by molar-refractivity contribution is 14.1. The Morgan fingerprint density at radius 1 is 1.29 bits per heavy atom. The van der Waals surface area contributed by atoms with E-state index in [0.717, 1.165) is 18.7 Å². The predicted molar refractivity (Wildman–Crippen MR) is 79.4 cm³/mol. The van der Waals surface area contributed by atoms with Gasteiger partial charge in [0.25, 0.3) is 0 Å². The molecule has 1 aromatic carbocycles. The standard InChI is InChI=1S/C14H18INO/c1-2-3-4-5-8-16-13-7-6-12(15)9-11(13)10-14(16)17/h6-7,9H,2-5,8,10H2,1H3. The first-order valence-electron chi connectivity index (χ1n) is 6.31. The van der Waals surface area contributed by atoms with Crippen molar-refractivity contribution in [3.05, 3.63) is 27.3 Å². The molecular formula is C14H18INO. The molecule has 1 heterocycles. The fourth-order valence-electron chi connectivity index (χ4n) is 2.29. The third kappa shape index (κ3) is 3.00. The zero-order chi connectivity index (χ0) is 12.3. The summed E-state index contributed by atoms with van der Waals surface area (Å²) in [6, 6.07) is 6.29. The van der Waals surface area contributed by atoms with E-state index in [1.54, 1.807) is 0 Å². The van der Waals surface area contributed by atoms with Gasteiger partial charge >= 0.3 is 0 Å². The van der Waals surface area contributed by atoms with Gasteiger partial charge in [0.1, 0.15) is 0 Å². The average molecular weight is 343 g/mol. The molecule has 3 heteroatoms. The fourth-order valence-corrected chi connectivity index (χ4v) is 2.85. The van der Waals surface area contributed by atoms with Crippen LogP contribution in [0.4, 0.5) is 5.69 Å². The number of halogens is 1. The average Bonchev–Trinajstić information content (AvgIpc) is 2.60. The lowest BCUT2D eigenvalue weighted by Gasteiger charge is -2.17. The van der Waals surface area contributed by atoms with Crippen LogP contribution in [-0.4, -0.2) is 12.5 Å². The highest BCUT2D eigenvalue weighted by Crippen LogP contribution is 2.30. The van der Waals surface area contributed by atoms with Gasteiger partial charge in [-0.25, -0.2) is 0 Å². The van der Waals surface area contributed by atoms with Crippen molar-refractivity contribution in [2.45, 2.75) is 39.0 Å². The van der Waals surface area contributed by atoms with E-state index in [1.807, 2.05) is 4.90 Å². The number of hydrogen-bond acceptors (Lipinski definition) is 1. The third-order valence-electron chi connectivity index (χ3n) is 3.21. The lowest BCUT2D eigenvalue weighted by Crippen LogP contribution is -2.27. The van der Waals surface area contributed by atoms with Crippen LogP contribution in [0.15, 0.2) is 18.2 Å². The van der Waals surface area contributed by atoms with Crippen LogP contribution >= 0.6 is 22.6 Å². The van der Waals surface area contributed by atoms with Gasteiger partial charge in [-0.3, -0.25) is 4.79 Å². The van der Waals surface area contributed by atoms with Crippen molar-refractivity contribution >= 4 is 34.2 Å². The summed E-state index contributed by atoms with van der Waals surface area (Å²) < 4.78 is 1.21. The predicted octanol–water partition coefficient (Wildman–Crippen LogP) is 3.76. The summed E-state index contributed by atoms with van der Waals surface area (Å²) in [5.74, 6) is 0.262. The molecule has 0 saturated carbocycles. The second-order valence-electron chi connectivity index (χ2n) is 4.56. The summed E-state index contributed by atoms with van der Waals surface area (Å²) in [5.41, 5.74) is 2.32. The second-order valence-corrected chi connectivity index (χ2v) is 5.80. The molecule has 92 valence electrons. The van der Waals surface area contributed by atoms with Gasteiger partial charge in [0.05, 0.1) is 6.42 Å². The molecule has 2 nitrogen and oxygen atoms in total. The van der Waals surface area contributed by atoms with Crippen molar-refractivity contribution in [3.8, 4) is 0 Å². The van der Waals surface area contributed by atoms with Crippen LogP contribution in [0.2, 0.25) is 0 Å². The lowest BCUT2D eigenvalue weighted by molar-refractivity contribution is -0.117. The number of hydrogen-bond donors (Lipinski definition) is 0. The largest absolute Gasteiger partial charge is 0.312 e. The molecule has 1 aliphatic rings. The Kier molecular flexibility index (Phi) is 4.42. The third-order valence-corrected chi connectivity index (χ3v) is 3.88. The van der Waals surface area contributed by atoms with Crippen LogP contribution in [0.5, 0.6) is 0 Å². The number of amides is 1. The molecule has 0 aromatic heterocycles. The number of carbonyl (C=O) groups is 1. The van der Waals surface area contributed by atoms with E-state index in [-0.39, 0.29) is 5.91 Å². The highest BCUT2D eigenvalue weighted by atomic mass is 127. The molecule has 0 spiro atoms. The van der Waals surface area contributed by atoms with Gasteiger partial charge in [-0.15, -0.1) is 0 Å². The molecule has 17 heavy (non-hydrogen) atoms. The summed E-state index contributed by atoms with van der Waals surface area (Å²) in [4.78, 5) is 13.9. The SMILES string of the molecule is CCCCCCN1C(=O)Cc2cc(I)ccc21. The molecular weight excluding hydrogens is 325 g/mol. The molecule has 0 N–H and O–H groups in total. The smallest absolute Gasteiger partial charge is 0.231 e. The maximum Gasteiger partial charge on any atom is 0.231 e. The molecule has 0 atom stereocenters.